The Bertz CT molecular complexity index is 652. The third kappa shape index (κ3) is 3.19. The molecule has 96 valence electrons. The number of nitrogens with one attached hydrogen (secondary N) is 1. The summed E-state index contributed by atoms with van der Waals surface area (Å²) in [4.78, 5) is 0. The maximum absolute atomic E-state index is 9.10. The minimum Gasteiger partial charge on any atom is -0.497 e. The molecule has 0 heterocycles. The van der Waals surface area contributed by atoms with Crippen molar-refractivity contribution in [3.05, 3.63) is 51.5 Å². The van der Waals surface area contributed by atoms with Crippen molar-refractivity contribution in [2.75, 3.05) is 12.4 Å². The highest BCUT2D eigenvalue weighted by atomic mass is 79.9. The average molecular weight is 338 g/mol. The van der Waals surface area contributed by atoms with Gasteiger partial charge in [0, 0.05) is 16.2 Å². The molecule has 0 unspecified atom stereocenters. The van der Waals surface area contributed by atoms with Gasteiger partial charge in [-0.05, 0) is 46.3 Å². The number of ether oxygens (including phenoxy) is 1. The Labute approximate surface area is 124 Å². The van der Waals surface area contributed by atoms with Crippen molar-refractivity contribution < 1.29 is 4.74 Å². The van der Waals surface area contributed by atoms with Gasteiger partial charge in [-0.15, -0.1) is 0 Å². The summed E-state index contributed by atoms with van der Waals surface area (Å²) in [5.74, 6) is 0.689. The van der Waals surface area contributed by atoms with E-state index in [0.717, 1.165) is 10.2 Å². The highest BCUT2D eigenvalue weighted by Crippen LogP contribution is 2.29. The highest BCUT2D eigenvalue weighted by molar-refractivity contribution is 9.10. The Morgan fingerprint density at radius 2 is 2.05 bits per heavy atom. The molecule has 0 saturated carbocycles. The maximum Gasteiger partial charge on any atom is 0.121 e. The van der Waals surface area contributed by atoms with Gasteiger partial charge in [-0.3, -0.25) is 0 Å². The van der Waals surface area contributed by atoms with Crippen molar-refractivity contribution in [3.63, 3.8) is 0 Å². The van der Waals surface area contributed by atoms with E-state index in [-0.39, 0.29) is 0 Å². The Balaban J connectivity index is 2.36. The molecule has 3 nitrogen and oxygen atoms in total. The average Bonchev–Trinajstić information content (AvgIpc) is 2.43. The predicted octanol–water partition coefficient (Wildman–Crippen LogP) is 4.73. The summed E-state index contributed by atoms with van der Waals surface area (Å²) in [6, 6.07) is 12.9. The first-order chi connectivity index (χ1) is 9.13. The zero-order chi connectivity index (χ0) is 13.8. The molecular weight excluding hydrogens is 328 g/mol. The molecule has 0 amide bonds. The molecule has 0 radical (unpaired) electrons. The van der Waals surface area contributed by atoms with Gasteiger partial charge in [-0.2, -0.15) is 5.26 Å². The van der Waals surface area contributed by atoms with Crippen LogP contribution in [0.3, 0.4) is 0 Å². The van der Waals surface area contributed by atoms with Crippen molar-refractivity contribution in [3.8, 4) is 11.8 Å². The molecule has 0 spiro atoms. The smallest absolute Gasteiger partial charge is 0.121 e. The van der Waals surface area contributed by atoms with E-state index in [0.29, 0.717) is 22.0 Å². The van der Waals surface area contributed by atoms with Gasteiger partial charge in [0.05, 0.1) is 23.4 Å². The Morgan fingerprint density at radius 1 is 1.26 bits per heavy atom. The van der Waals surface area contributed by atoms with Crippen LogP contribution >= 0.6 is 27.5 Å². The molecule has 0 aromatic heterocycles. The molecule has 0 bridgehead atoms. The molecule has 2 aromatic carbocycles. The lowest BCUT2D eigenvalue weighted by atomic mass is 10.1. The van der Waals surface area contributed by atoms with Crippen molar-refractivity contribution >= 4 is 38.9 Å². The number of nitrogens with zero attached hydrogens (tertiary/aromatic N) is 1. The van der Waals surface area contributed by atoms with Gasteiger partial charge in [0.2, 0.25) is 0 Å². The van der Waals surface area contributed by atoms with Crippen molar-refractivity contribution in [1.82, 2.24) is 0 Å². The van der Waals surface area contributed by atoms with E-state index in [2.05, 4.69) is 27.3 Å². The van der Waals surface area contributed by atoms with Crippen LogP contribution in [0.2, 0.25) is 5.02 Å². The number of rotatable bonds is 3. The van der Waals surface area contributed by atoms with Crippen molar-refractivity contribution in [2.24, 2.45) is 0 Å². The van der Waals surface area contributed by atoms with Crippen LogP contribution in [-0.2, 0) is 0 Å². The molecule has 0 saturated heterocycles. The molecule has 0 aliphatic rings. The summed E-state index contributed by atoms with van der Waals surface area (Å²) in [6.45, 7) is 0. The van der Waals surface area contributed by atoms with Crippen LogP contribution < -0.4 is 10.1 Å². The summed E-state index contributed by atoms with van der Waals surface area (Å²) < 4.78 is 5.95. The number of nitriles is 1. The topological polar surface area (TPSA) is 45.0 Å². The number of methoxy groups -OCH3 is 1. The van der Waals surface area contributed by atoms with Crippen LogP contribution in [0.15, 0.2) is 40.9 Å². The molecule has 0 aliphatic heterocycles. The van der Waals surface area contributed by atoms with Gasteiger partial charge < -0.3 is 10.1 Å². The lowest BCUT2D eigenvalue weighted by molar-refractivity contribution is 0.415. The maximum atomic E-state index is 9.10. The molecule has 2 aromatic rings. The second-order valence-electron chi connectivity index (χ2n) is 3.78. The van der Waals surface area contributed by atoms with E-state index < -0.39 is 0 Å². The fourth-order valence-corrected chi connectivity index (χ4v) is 2.08. The van der Waals surface area contributed by atoms with Gasteiger partial charge in [-0.25, -0.2) is 0 Å². The summed E-state index contributed by atoms with van der Waals surface area (Å²) in [5, 5.41) is 12.9. The van der Waals surface area contributed by atoms with Crippen LogP contribution in [0.5, 0.6) is 5.75 Å². The number of hydrogen-bond acceptors (Lipinski definition) is 3. The van der Waals surface area contributed by atoms with Gasteiger partial charge in [0.25, 0.3) is 0 Å². The lowest BCUT2D eigenvalue weighted by Crippen LogP contribution is -1.95. The molecule has 0 fully saturated rings. The number of halogens is 2. The van der Waals surface area contributed by atoms with E-state index >= 15 is 0 Å². The van der Waals surface area contributed by atoms with Gasteiger partial charge in [0.1, 0.15) is 11.8 Å². The van der Waals surface area contributed by atoms with Crippen molar-refractivity contribution in [1.29, 1.82) is 5.26 Å². The van der Waals surface area contributed by atoms with Crippen LogP contribution in [0.25, 0.3) is 0 Å². The third-order valence-electron chi connectivity index (χ3n) is 2.55. The molecule has 19 heavy (non-hydrogen) atoms. The summed E-state index contributed by atoms with van der Waals surface area (Å²) >= 11 is 9.30. The lowest BCUT2D eigenvalue weighted by Gasteiger charge is -2.10. The van der Waals surface area contributed by atoms with Crippen LogP contribution in [0.1, 0.15) is 5.56 Å². The highest BCUT2D eigenvalue weighted by Gasteiger charge is 2.06. The molecule has 1 N–H and O–H groups in total. The van der Waals surface area contributed by atoms with Gasteiger partial charge >= 0.3 is 0 Å². The predicted molar refractivity (Wildman–Crippen MR) is 80.1 cm³/mol. The first-order valence-electron chi connectivity index (χ1n) is 5.44. The Kier molecular flexibility index (Phi) is 4.31. The Morgan fingerprint density at radius 3 is 2.68 bits per heavy atom. The van der Waals surface area contributed by atoms with E-state index in [1.54, 1.807) is 31.4 Å². The molecular formula is C14H10BrClN2O. The van der Waals surface area contributed by atoms with E-state index in [9.17, 15) is 0 Å². The van der Waals surface area contributed by atoms with E-state index in [1.807, 2.05) is 12.1 Å². The Hall–Kier alpha value is -1.70. The van der Waals surface area contributed by atoms with E-state index in [4.69, 9.17) is 21.6 Å². The minimum absolute atomic E-state index is 0.548. The fourth-order valence-electron chi connectivity index (χ4n) is 1.58. The van der Waals surface area contributed by atoms with Crippen LogP contribution in [0.4, 0.5) is 11.4 Å². The molecule has 0 atom stereocenters. The minimum atomic E-state index is 0.548. The molecule has 2 rings (SSSR count). The summed E-state index contributed by atoms with van der Waals surface area (Å²) in [6.07, 6.45) is 0. The van der Waals surface area contributed by atoms with Crippen LogP contribution in [-0.4, -0.2) is 7.11 Å². The monoisotopic (exact) mass is 336 g/mol. The summed E-state index contributed by atoms with van der Waals surface area (Å²) in [5.41, 5.74) is 2.07. The number of anilines is 2. The van der Waals surface area contributed by atoms with Crippen molar-refractivity contribution in [2.45, 2.75) is 0 Å². The normalized spacial score (nSPS) is 9.79. The first-order valence-corrected chi connectivity index (χ1v) is 6.61. The summed E-state index contributed by atoms with van der Waals surface area (Å²) in [7, 11) is 1.59. The number of benzene rings is 2. The quantitative estimate of drug-likeness (QED) is 0.881. The number of hydrogen-bond donors (Lipinski definition) is 1. The zero-order valence-corrected chi connectivity index (χ0v) is 12.4. The third-order valence-corrected chi connectivity index (χ3v) is 3.76. The second-order valence-corrected chi connectivity index (χ2v) is 5.04. The molecule has 5 heteroatoms. The second kappa shape index (κ2) is 5.96. The standard InChI is InChI=1S/C14H10BrClN2O/c1-19-11-4-2-9(8-17)14(7-11)18-10-3-5-13(16)12(15)6-10/h2-7,18H,1H3. The SMILES string of the molecule is COc1ccc(C#N)c(Nc2ccc(Cl)c(Br)c2)c1. The largest absolute Gasteiger partial charge is 0.497 e. The fraction of sp³-hybridized carbons (Fsp3) is 0.0714. The van der Waals surface area contributed by atoms with Crippen LogP contribution in [0, 0.1) is 11.3 Å². The zero-order valence-electron chi connectivity index (χ0n) is 10.1. The molecule has 0 aliphatic carbocycles. The van der Waals surface area contributed by atoms with Gasteiger partial charge in [-0.1, -0.05) is 11.6 Å². The van der Waals surface area contributed by atoms with Gasteiger partial charge in [0.15, 0.2) is 0 Å². The first kappa shape index (κ1) is 13.7. The van der Waals surface area contributed by atoms with E-state index in [1.165, 1.54) is 0 Å².